The van der Waals surface area contributed by atoms with Crippen molar-refractivity contribution < 1.29 is 4.79 Å². The third-order valence-electron chi connectivity index (χ3n) is 3.18. The fraction of sp³-hybridized carbons (Fsp3) is 0.722. The first-order valence-corrected chi connectivity index (χ1v) is 7.81. The van der Waals surface area contributed by atoms with Gasteiger partial charge in [-0.2, -0.15) is 0 Å². The summed E-state index contributed by atoms with van der Waals surface area (Å²) in [5.41, 5.74) is -0.185. The number of carbonyl (C=O) groups excluding carboxylic acids is 1. The number of allylic oxidation sites excluding steroid dienone is 4. The molecule has 0 rings (SSSR count). The van der Waals surface area contributed by atoms with Crippen molar-refractivity contribution in [3.8, 4) is 0 Å². The van der Waals surface area contributed by atoms with Crippen molar-refractivity contribution in [3.63, 3.8) is 0 Å². The van der Waals surface area contributed by atoms with Gasteiger partial charge in [-0.15, -0.1) is 0 Å². The summed E-state index contributed by atoms with van der Waals surface area (Å²) in [6.07, 6.45) is 17.9. The van der Waals surface area contributed by atoms with Crippen LogP contribution in [0.1, 0.15) is 79.1 Å². The van der Waals surface area contributed by atoms with Crippen LogP contribution in [-0.4, -0.2) is 5.78 Å². The minimum atomic E-state index is -0.185. The molecule has 0 spiro atoms. The van der Waals surface area contributed by atoms with E-state index in [1.807, 2.05) is 20.8 Å². The summed E-state index contributed by atoms with van der Waals surface area (Å²) in [5, 5.41) is 0. The molecular weight excluding hydrogens is 232 g/mol. The fourth-order valence-corrected chi connectivity index (χ4v) is 1.77. The first-order valence-electron chi connectivity index (χ1n) is 7.81. The molecule has 0 fully saturated rings. The Labute approximate surface area is 120 Å². The van der Waals surface area contributed by atoms with Gasteiger partial charge < -0.3 is 0 Å². The number of unbranched alkanes of at least 4 members (excludes halogenated alkanes) is 4. The molecule has 0 N–H and O–H groups in total. The maximum Gasteiger partial charge on any atom is 0.138 e. The Balaban J connectivity index is 3.47. The number of carbonyl (C=O) groups is 1. The highest BCUT2D eigenvalue weighted by molar-refractivity contribution is 5.83. The molecule has 110 valence electrons. The van der Waals surface area contributed by atoms with E-state index in [0.717, 1.165) is 19.3 Å². The lowest BCUT2D eigenvalue weighted by Crippen LogP contribution is -2.19. The van der Waals surface area contributed by atoms with Crippen molar-refractivity contribution in [2.45, 2.75) is 79.1 Å². The van der Waals surface area contributed by atoms with Gasteiger partial charge in [0.1, 0.15) is 5.78 Å². The van der Waals surface area contributed by atoms with Crippen LogP contribution in [-0.2, 0) is 4.79 Å². The quantitative estimate of drug-likeness (QED) is 0.357. The van der Waals surface area contributed by atoms with Crippen LogP contribution in [0.25, 0.3) is 0 Å². The van der Waals surface area contributed by atoms with Gasteiger partial charge in [0.2, 0.25) is 0 Å². The monoisotopic (exact) mass is 264 g/mol. The Hall–Kier alpha value is -0.850. The minimum Gasteiger partial charge on any atom is -0.299 e. The average Bonchev–Trinajstić information content (AvgIpc) is 2.34. The Kier molecular flexibility index (Phi) is 10.5. The van der Waals surface area contributed by atoms with E-state index in [1.165, 1.54) is 25.7 Å². The van der Waals surface area contributed by atoms with Crippen LogP contribution in [0, 0.1) is 5.41 Å². The van der Waals surface area contributed by atoms with Crippen molar-refractivity contribution in [1.82, 2.24) is 0 Å². The summed E-state index contributed by atoms with van der Waals surface area (Å²) in [5.74, 6) is 0.355. The van der Waals surface area contributed by atoms with Crippen molar-refractivity contribution in [2.24, 2.45) is 5.41 Å². The van der Waals surface area contributed by atoms with Crippen molar-refractivity contribution in [1.29, 1.82) is 0 Å². The van der Waals surface area contributed by atoms with Crippen LogP contribution in [0.15, 0.2) is 24.3 Å². The maximum absolute atomic E-state index is 11.7. The third kappa shape index (κ3) is 11.9. The molecule has 0 aliphatic carbocycles. The predicted octanol–water partition coefficient (Wildman–Crippen LogP) is 5.85. The zero-order valence-electron chi connectivity index (χ0n) is 13.4. The Morgan fingerprint density at radius 2 is 1.37 bits per heavy atom. The van der Waals surface area contributed by atoms with Gasteiger partial charge in [-0.25, -0.2) is 0 Å². The maximum atomic E-state index is 11.7. The van der Waals surface area contributed by atoms with E-state index in [2.05, 4.69) is 31.2 Å². The van der Waals surface area contributed by atoms with Gasteiger partial charge in [0.15, 0.2) is 0 Å². The lowest BCUT2D eigenvalue weighted by atomic mass is 9.88. The summed E-state index contributed by atoms with van der Waals surface area (Å²) < 4.78 is 0. The van der Waals surface area contributed by atoms with Gasteiger partial charge in [-0.05, 0) is 32.1 Å². The van der Waals surface area contributed by atoms with Crippen molar-refractivity contribution in [3.05, 3.63) is 24.3 Å². The van der Waals surface area contributed by atoms with Crippen molar-refractivity contribution in [2.75, 3.05) is 0 Å². The highest BCUT2D eigenvalue weighted by Gasteiger charge is 2.19. The Morgan fingerprint density at radius 3 is 1.89 bits per heavy atom. The molecule has 19 heavy (non-hydrogen) atoms. The lowest BCUT2D eigenvalue weighted by molar-refractivity contribution is -0.126. The number of hydrogen-bond acceptors (Lipinski definition) is 1. The highest BCUT2D eigenvalue weighted by Crippen LogP contribution is 2.17. The summed E-state index contributed by atoms with van der Waals surface area (Å²) >= 11 is 0. The second kappa shape index (κ2) is 11.0. The van der Waals surface area contributed by atoms with Crippen LogP contribution >= 0.6 is 0 Å². The smallest absolute Gasteiger partial charge is 0.138 e. The normalized spacial score (nSPS) is 12.6. The second-order valence-corrected chi connectivity index (χ2v) is 6.23. The van der Waals surface area contributed by atoms with E-state index >= 15 is 0 Å². The van der Waals surface area contributed by atoms with E-state index < -0.39 is 0 Å². The minimum absolute atomic E-state index is 0.185. The molecule has 0 amide bonds. The molecule has 0 aromatic carbocycles. The van der Waals surface area contributed by atoms with Crippen LogP contribution < -0.4 is 0 Å². The predicted molar refractivity (Wildman–Crippen MR) is 85.4 cm³/mol. The van der Waals surface area contributed by atoms with Crippen LogP contribution in [0.4, 0.5) is 0 Å². The number of Topliss-reactive ketones (excluding diaryl/α,β-unsaturated/α-hetero) is 1. The van der Waals surface area contributed by atoms with E-state index in [4.69, 9.17) is 0 Å². The number of rotatable bonds is 10. The fourth-order valence-electron chi connectivity index (χ4n) is 1.77. The average molecular weight is 264 g/mol. The molecule has 0 aliphatic rings. The molecule has 0 aromatic rings. The van der Waals surface area contributed by atoms with E-state index in [9.17, 15) is 4.79 Å². The number of ketones is 1. The first-order chi connectivity index (χ1) is 8.98. The summed E-state index contributed by atoms with van der Waals surface area (Å²) in [6, 6.07) is 0. The topological polar surface area (TPSA) is 17.1 Å². The lowest BCUT2D eigenvalue weighted by Gasteiger charge is -2.15. The zero-order chi connectivity index (χ0) is 14.6. The van der Waals surface area contributed by atoms with Gasteiger partial charge in [-0.1, -0.05) is 64.8 Å². The Morgan fingerprint density at radius 1 is 0.842 bits per heavy atom. The molecule has 0 saturated carbocycles. The highest BCUT2D eigenvalue weighted by atomic mass is 16.1. The van der Waals surface area contributed by atoms with Crippen LogP contribution in [0.3, 0.4) is 0 Å². The summed E-state index contributed by atoms with van der Waals surface area (Å²) in [6.45, 7) is 8.20. The van der Waals surface area contributed by atoms with Gasteiger partial charge >= 0.3 is 0 Å². The molecule has 1 nitrogen and oxygen atoms in total. The van der Waals surface area contributed by atoms with Gasteiger partial charge in [0.25, 0.3) is 0 Å². The van der Waals surface area contributed by atoms with Gasteiger partial charge in [-0.3, -0.25) is 4.79 Å². The molecule has 0 aliphatic heterocycles. The Bertz CT molecular complexity index is 279. The largest absolute Gasteiger partial charge is 0.299 e. The molecular formula is C18H32O. The summed E-state index contributed by atoms with van der Waals surface area (Å²) in [4.78, 5) is 11.7. The van der Waals surface area contributed by atoms with Crippen molar-refractivity contribution >= 4 is 5.78 Å². The molecule has 0 atom stereocenters. The van der Waals surface area contributed by atoms with Crippen LogP contribution in [0.5, 0.6) is 0 Å². The molecule has 1 heteroatoms. The standard InChI is InChI=1S/C18H32O/c1-5-6-7-8-9-10-11-12-13-14-15-16-17(19)18(2,3)4/h9-10,13-14H,5-8,11-12,15-16H2,1-4H3. The molecule has 0 heterocycles. The SMILES string of the molecule is CCCCCC=CCCC=CCCC(=O)C(C)(C)C. The zero-order valence-corrected chi connectivity index (χ0v) is 13.4. The van der Waals surface area contributed by atoms with Gasteiger partial charge in [0, 0.05) is 11.8 Å². The summed E-state index contributed by atoms with van der Waals surface area (Å²) in [7, 11) is 0. The van der Waals surface area contributed by atoms with E-state index in [1.54, 1.807) is 0 Å². The molecule has 0 unspecified atom stereocenters. The van der Waals surface area contributed by atoms with E-state index in [0.29, 0.717) is 12.2 Å². The molecule has 0 bridgehead atoms. The molecule has 0 saturated heterocycles. The van der Waals surface area contributed by atoms with E-state index in [-0.39, 0.29) is 5.41 Å². The third-order valence-corrected chi connectivity index (χ3v) is 3.18. The molecule has 0 aromatic heterocycles. The first kappa shape index (κ1) is 18.1. The van der Waals surface area contributed by atoms with Gasteiger partial charge in [0.05, 0.1) is 0 Å². The molecule has 0 radical (unpaired) electrons. The van der Waals surface area contributed by atoms with Crippen LogP contribution in [0.2, 0.25) is 0 Å². The second-order valence-electron chi connectivity index (χ2n) is 6.23. The number of hydrogen-bond donors (Lipinski definition) is 0.